The zero-order valence-electron chi connectivity index (χ0n) is 8.61. The minimum atomic E-state index is -1.06. The molecule has 2 rings (SSSR count). The maximum atomic E-state index is 13.4. The molecule has 0 aromatic heterocycles. The summed E-state index contributed by atoms with van der Waals surface area (Å²) in [5, 5.41) is 11.7. The quantitative estimate of drug-likeness (QED) is 0.726. The number of carboxylic acid groups (broad SMARTS) is 1. The first-order chi connectivity index (χ1) is 7.56. The topological polar surface area (TPSA) is 75.3 Å². The van der Waals surface area contributed by atoms with Gasteiger partial charge in [-0.15, -0.1) is 0 Å². The van der Waals surface area contributed by atoms with Crippen LogP contribution in [0.3, 0.4) is 0 Å². The van der Waals surface area contributed by atoms with Crippen molar-refractivity contribution in [2.45, 2.75) is 24.9 Å². The van der Waals surface area contributed by atoms with Crippen molar-refractivity contribution in [2.24, 2.45) is 5.73 Å². The summed E-state index contributed by atoms with van der Waals surface area (Å²) in [5.74, 6) is -1.50. The molecule has 86 valence electrons. The second kappa shape index (κ2) is 4.09. The number of carboxylic acids is 1. The Kier molecular flexibility index (Phi) is 2.78. The molecule has 0 heterocycles. The maximum Gasteiger partial charge on any atom is 0.335 e. The number of hydrogen-bond acceptors (Lipinski definition) is 3. The number of benzene rings is 1. The Labute approximate surface area is 92.3 Å². The zero-order valence-corrected chi connectivity index (χ0v) is 8.61. The van der Waals surface area contributed by atoms with Gasteiger partial charge in [0, 0.05) is 12.1 Å². The first-order valence-corrected chi connectivity index (χ1v) is 5.11. The molecular weight excluding hydrogens is 211 g/mol. The summed E-state index contributed by atoms with van der Waals surface area (Å²) in [6.45, 7) is 0. The molecule has 0 unspecified atom stereocenters. The van der Waals surface area contributed by atoms with Gasteiger partial charge in [-0.05, 0) is 31.0 Å². The van der Waals surface area contributed by atoms with E-state index in [1.165, 1.54) is 12.1 Å². The van der Waals surface area contributed by atoms with Gasteiger partial charge in [0.15, 0.2) is 0 Å². The fraction of sp³-hybridized carbons (Fsp3) is 0.364. The van der Waals surface area contributed by atoms with E-state index in [-0.39, 0.29) is 23.3 Å². The molecule has 1 aromatic rings. The molecule has 0 aliphatic heterocycles. The molecule has 1 saturated carbocycles. The monoisotopic (exact) mass is 224 g/mol. The van der Waals surface area contributed by atoms with E-state index in [2.05, 4.69) is 5.32 Å². The number of aromatic carboxylic acids is 1. The average molecular weight is 224 g/mol. The molecule has 4 N–H and O–H groups in total. The third-order valence-electron chi connectivity index (χ3n) is 2.75. The van der Waals surface area contributed by atoms with Gasteiger partial charge in [-0.3, -0.25) is 0 Å². The molecule has 0 saturated heterocycles. The molecular formula is C11H13FN2O2. The Morgan fingerprint density at radius 1 is 1.50 bits per heavy atom. The van der Waals surface area contributed by atoms with Crippen LogP contribution < -0.4 is 11.1 Å². The largest absolute Gasteiger partial charge is 0.478 e. The SMILES string of the molecule is NC1CC(Nc2cc(C(=O)O)ccc2F)C1. The van der Waals surface area contributed by atoms with Gasteiger partial charge in [0.2, 0.25) is 0 Å². The van der Waals surface area contributed by atoms with Gasteiger partial charge in [0.1, 0.15) is 5.82 Å². The fourth-order valence-corrected chi connectivity index (χ4v) is 1.77. The molecule has 0 spiro atoms. The lowest BCUT2D eigenvalue weighted by Gasteiger charge is -2.33. The molecule has 0 atom stereocenters. The normalized spacial score (nSPS) is 23.6. The Balaban J connectivity index is 2.12. The highest BCUT2D eigenvalue weighted by atomic mass is 19.1. The minimum Gasteiger partial charge on any atom is -0.478 e. The lowest BCUT2D eigenvalue weighted by atomic mass is 9.87. The molecule has 0 radical (unpaired) electrons. The van der Waals surface area contributed by atoms with E-state index in [1.807, 2.05) is 0 Å². The number of rotatable bonds is 3. The van der Waals surface area contributed by atoms with Crippen molar-refractivity contribution in [3.8, 4) is 0 Å². The Hall–Kier alpha value is -1.62. The summed E-state index contributed by atoms with van der Waals surface area (Å²) < 4.78 is 13.4. The maximum absolute atomic E-state index is 13.4. The summed E-state index contributed by atoms with van der Waals surface area (Å²) >= 11 is 0. The van der Waals surface area contributed by atoms with Crippen LogP contribution in [0.25, 0.3) is 0 Å². The molecule has 0 bridgehead atoms. The van der Waals surface area contributed by atoms with E-state index in [0.717, 1.165) is 18.9 Å². The second-order valence-electron chi connectivity index (χ2n) is 4.07. The van der Waals surface area contributed by atoms with Crippen molar-refractivity contribution < 1.29 is 14.3 Å². The van der Waals surface area contributed by atoms with Crippen LogP contribution >= 0.6 is 0 Å². The summed E-state index contributed by atoms with van der Waals surface area (Å²) in [4.78, 5) is 10.7. The van der Waals surface area contributed by atoms with Gasteiger partial charge < -0.3 is 16.2 Å². The van der Waals surface area contributed by atoms with E-state index in [0.29, 0.717) is 0 Å². The fourth-order valence-electron chi connectivity index (χ4n) is 1.77. The molecule has 1 fully saturated rings. The standard InChI is InChI=1S/C11H13FN2O2/c12-9-2-1-6(11(15)16)3-10(9)14-8-4-7(13)5-8/h1-3,7-8,14H,4-5,13H2,(H,15,16). The lowest BCUT2D eigenvalue weighted by molar-refractivity contribution is 0.0697. The van der Waals surface area contributed by atoms with Crippen molar-refractivity contribution in [1.29, 1.82) is 0 Å². The summed E-state index contributed by atoms with van der Waals surface area (Å²) in [5.41, 5.74) is 5.92. The van der Waals surface area contributed by atoms with Gasteiger partial charge in [-0.2, -0.15) is 0 Å². The molecule has 16 heavy (non-hydrogen) atoms. The number of nitrogens with two attached hydrogens (primary N) is 1. The molecule has 4 nitrogen and oxygen atoms in total. The van der Waals surface area contributed by atoms with Crippen molar-refractivity contribution in [3.05, 3.63) is 29.6 Å². The van der Waals surface area contributed by atoms with E-state index in [4.69, 9.17) is 10.8 Å². The summed E-state index contributed by atoms with van der Waals surface area (Å²) in [6.07, 6.45) is 1.58. The number of carbonyl (C=O) groups is 1. The zero-order chi connectivity index (χ0) is 11.7. The number of nitrogens with one attached hydrogen (secondary N) is 1. The van der Waals surface area contributed by atoms with Crippen LogP contribution in [0.1, 0.15) is 23.2 Å². The molecule has 0 amide bonds. The first-order valence-electron chi connectivity index (χ1n) is 5.11. The minimum absolute atomic E-state index is 0.0764. The van der Waals surface area contributed by atoms with Crippen LogP contribution in [-0.2, 0) is 0 Å². The summed E-state index contributed by atoms with van der Waals surface area (Å²) in [7, 11) is 0. The Morgan fingerprint density at radius 3 is 2.75 bits per heavy atom. The molecule has 5 heteroatoms. The molecule has 1 aromatic carbocycles. The van der Waals surface area contributed by atoms with Gasteiger partial charge >= 0.3 is 5.97 Å². The van der Waals surface area contributed by atoms with Gasteiger partial charge in [-0.1, -0.05) is 0 Å². The van der Waals surface area contributed by atoms with E-state index in [1.54, 1.807) is 0 Å². The number of halogens is 1. The third kappa shape index (κ3) is 2.14. The third-order valence-corrected chi connectivity index (χ3v) is 2.75. The van der Waals surface area contributed by atoms with Crippen LogP contribution in [0.15, 0.2) is 18.2 Å². The van der Waals surface area contributed by atoms with Gasteiger partial charge in [-0.25, -0.2) is 9.18 Å². The highest BCUT2D eigenvalue weighted by molar-refractivity contribution is 5.88. The van der Waals surface area contributed by atoms with E-state index in [9.17, 15) is 9.18 Å². The predicted octanol–water partition coefficient (Wildman–Crippen LogP) is 1.43. The van der Waals surface area contributed by atoms with Crippen LogP contribution in [0.4, 0.5) is 10.1 Å². The second-order valence-corrected chi connectivity index (χ2v) is 4.07. The highest BCUT2D eigenvalue weighted by Crippen LogP contribution is 2.25. The predicted molar refractivity (Wildman–Crippen MR) is 58.0 cm³/mol. The van der Waals surface area contributed by atoms with Crippen molar-refractivity contribution in [2.75, 3.05) is 5.32 Å². The number of hydrogen-bond donors (Lipinski definition) is 3. The Morgan fingerprint density at radius 2 is 2.19 bits per heavy atom. The van der Waals surface area contributed by atoms with Crippen LogP contribution in [0.2, 0.25) is 0 Å². The van der Waals surface area contributed by atoms with E-state index < -0.39 is 11.8 Å². The van der Waals surface area contributed by atoms with Crippen molar-refractivity contribution in [3.63, 3.8) is 0 Å². The summed E-state index contributed by atoms with van der Waals surface area (Å²) in [6, 6.07) is 4.03. The first kappa shape index (κ1) is 10.9. The van der Waals surface area contributed by atoms with E-state index >= 15 is 0 Å². The van der Waals surface area contributed by atoms with Gasteiger partial charge in [0.05, 0.1) is 11.3 Å². The highest BCUT2D eigenvalue weighted by Gasteiger charge is 2.26. The van der Waals surface area contributed by atoms with Gasteiger partial charge in [0.25, 0.3) is 0 Å². The Bertz CT molecular complexity index is 416. The smallest absolute Gasteiger partial charge is 0.335 e. The van der Waals surface area contributed by atoms with Crippen molar-refractivity contribution in [1.82, 2.24) is 0 Å². The number of anilines is 1. The molecule has 1 aliphatic carbocycles. The van der Waals surface area contributed by atoms with Crippen molar-refractivity contribution >= 4 is 11.7 Å². The molecule has 1 aliphatic rings. The van der Waals surface area contributed by atoms with Crippen LogP contribution in [-0.4, -0.2) is 23.2 Å². The lowest BCUT2D eigenvalue weighted by Crippen LogP contribution is -2.44. The van der Waals surface area contributed by atoms with Crippen LogP contribution in [0, 0.1) is 5.82 Å². The van der Waals surface area contributed by atoms with Crippen LogP contribution in [0.5, 0.6) is 0 Å². The average Bonchev–Trinajstić information content (AvgIpc) is 2.18.